The van der Waals surface area contributed by atoms with Crippen LogP contribution in [0.15, 0.2) is 36.4 Å². The topological polar surface area (TPSA) is 183 Å². The van der Waals surface area contributed by atoms with E-state index in [2.05, 4.69) is 0 Å². The molecule has 2 aromatic rings. The Morgan fingerprint density at radius 3 is 1.70 bits per heavy atom. The average Bonchev–Trinajstić information content (AvgIpc) is 3.63. The maximum Gasteiger partial charge on any atom is 0.414 e. The lowest BCUT2D eigenvalue weighted by atomic mass is 10.2. The predicted octanol–water partition coefficient (Wildman–Crippen LogP) is 1.72. The third-order valence-electron chi connectivity index (χ3n) is 7.89. The fourth-order valence-corrected chi connectivity index (χ4v) is 5.50. The van der Waals surface area contributed by atoms with Crippen molar-refractivity contribution in [2.75, 3.05) is 98.4 Å². The Morgan fingerprint density at radius 1 is 0.830 bits per heavy atom. The molecule has 0 saturated carbocycles. The van der Waals surface area contributed by atoms with Crippen LogP contribution < -0.4 is 30.8 Å². The second kappa shape index (κ2) is 15.4. The van der Waals surface area contributed by atoms with Gasteiger partial charge in [0, 0.05) is 26.2 Å². The molecule has 47 heavy (non-hydrogen) atoms. The van der Waals surface area contributed by atoms with Crippen molar-refractivity contribution in [2.24, 2.45) is 5.73 Å². The normalized spacial score (nSPS) is 21.3. The minimum atomic E-state index is -1.05. The molecule has 18 heteroatoms. The van der Waals surface area contributed by atoms with Crippen LogP contribution in [0.2, 0.25) is 0 Å². The fourth-order valence-electron chi connectivity index (χ4n) is 5.50. The first-order valence-electron chi connectivity index (χ1n) is 15.0. The number of morpholine rings is 2. The molecule has 2 aromatic carbocycles. The molecule has 0 unspecified atom stereocenters. The van der Waals surface area contributed by atoms with E-state index in [4.69, 9.17) is 29.9 Å². The largest absolute Gasteiger partial charge is 0.442 e. The SMILES string of the molecule is NC(=O)N(O)C[C@H]1CN(c2ccc(N3CCOCC3)c(F)c2)C(=O)O1.O=C1O[C@@H](CNO)CN1c1ccc(N2CCOCC2)c(F)c1. The first-order valence-corrected chi connectivity index (χ1v) is 15.0. The number of carbonyl (C=O) groups is 3. The average molecular weight is 666 g/mol. The Hall–Kier alpha value is -4.49. The van der Waals surface area contributed by atoms with E-state index >= 15 is 0 Å². The van der Waals surface area contributed by atoms with Crippen LogP contribution in [-0.4, -0.2) is 125 Å². The number of nitrogens with zero attached hydrogens (tertiary/aromatic N) is 5. The number of ether oxygens (including phenoxy) is 4. The van der Waals surface area contributed by atoms with Crippen LogP contribution in [0.5, 0.6) is 0 Å². The summed E-state index contributed by atoms with van der Waals surface area (Å²) in [6, 6.07) is 8.15. The molecule has 0 aromatic heterocycles. The Balaban J connectivity index is 0.000000186. The predicted molar refractivity (Wildman–Crippen MR) is 162 cm³/mol. The molecule has 4 aliphatic heterocycles. The number of urea groups is 1. The molecule has 0 spiro atoms. The highest BCUT2D eigenvalue weighted by Crippen LogP contribution is 2.30. The van der Waals surface area contributed by atoms with E-state index in [0.29, 0.717) is 75.4 Å². The number of hydrogen-bond acceptors (Lipinski definition) is 12. The third-order valence-corrected chi connectivity index (χ3v) is 7.89. The van der Waals surface area contributed by atoms with Gasteiger partial charge in [0.1, 0.15) is 23.8 Å². The molecule has 4 aliphatic rings. The maximum atomic E-state index is 14.5. The number of rotatable bonds is 8. The minimum Gasteiger partial charge on any atom is -0.442 e. The van der Waals surface area contributed by atoms with Gasteiger partial charge in [0.2, 0.25) is 0 Å². The van der Waals surface area contributed by atoms with Crippen molar-refractivity contribution in [1.29, 1.82) is 0 Å². The Bertz CT molecular complexity index is 1430. The van der Waals surface area contributed by atoms with Gasteiger partial charge in [-0.2, -0.15) is 0 Å². The highest BCUT2D eigenvalue weighted by Gasteiger charge is 2.35. The van der Waals surface area contributed by atoms with Gasteiger partial charge in [-0.1, -0.05) is 0 Å². The van der Waals surface area contributed by atoms with Gasteiger partial charge in [0.15, 0.2) is 0 Å². The molecule has 4 amide bonds. The van der Waals surface area contributed by atoms with Crippen LogP contribution >= 0.6 is 0 Å². The Morgan fingerprint density at radius 2 is 1.28 bits per heavy atom. The van der Waals surface area contributed by atoms with E-state index in [1.165, 1.54) is 21.9 Å². The quantitative estimate of drug-likeness (QED) is 0.237. The molecule has 2 atom stereocenters. The summed E-state index contributed by atoms with van der Waals surface area (Å²) >= 11 is 0. The van der Waals surface area contributed by atoms with Gasteiger partial charge in [0.25, 0.3) is 0 Å². The number of anilines is 4. The van der Waals surface area contributed by atoms with Crippen LogP contribution in [0.25, 0.3) is 0 Å². The first kappa shape index (κ1) is 33.9. The molecule has 0 aliphatic carbocycles. The molecule has 4 fully saturated rings. The first-order chi connectivity index (χ1) is 22.6. The zero-order chi connectivity index (χ0) is 33.5. The fraction of sp³-hybridized carbons (Fsp3) is 0.483. The molecular weight excluding hydrogens is 628 g/mol. The van der Waals surface area contributed by atoms with Crippen molar-refractivity contribution in [3.05, 3.63) is 48.0 Å². The summed E-state index contributed by atoms with van der Waals surface area (Å²) in [5.74, 6) is -0.826. The van der Waals surface area contributed by atoms with E-state index in [1.54, 1.807) is 24.3 Å². The number of benzene rings is 2. The molecule has 0 radical (unpaired) electrons. The summed E-state index contributed by atoms with van der Waals surface area (Å²) in [6.45, 7) is 4.94. The van der Waals surface area contributed by atoms with Gasteiger partial charge in [-0.15, -0.1) is 0 Å². The van der Waals surface area contributed by atoms with Crippen molar-refractivity contribution < 1.29 is 52.5 Å². The third kappa shape index (κ3) is 8.27. The number of carbonyl (C=O) groups excluding carboxylic acids is 3. The van der Waals surface area contributed by atoms with E-state index in [1.807, 2.05) is 15.3 Å². The van der Waals surface area contributed by atoms with E-state index in [0.717, 1.165) is 0 Å². The summed E-state index contributed by atoms with van der Waals surface area (Å²) in [6.07, 6.45) is -2.44. The molecule has 4 saturated heterocycles. The van der Waals surface area contributed by atoms with Crippen LogP contribution in [0.3, 0.4) is 0 Å². The number of nitrogens with two attached hydrogens (primary N) is 1. The summed E-state index contributed by atoms with van der Waals surface area (Å²) in [7, 11) is 0. The molecule has 4 heterocycles. The highest BCUT2D eigenvalue weighted by atomic mass is 19.1. The van der Waals surface area contributed by atoms with Crippen molar-refractivity contribution in [1.82, 2.24) is 10.5 Å². The molecule has 5 N–H and O–H groups in total. The number of hydroxylamine groups is 3. The van der Waals surface area contributed by atoms with Crippen molar-refractivity contribution in [3.8, 4) is 0 Å². The van der Waals surface area contributed by atoms with Gasteiger partial charge in [-0.3, -0.25) is 15.0 Å². The van der Waals surface area contributed by atoms with Gasteiger partial charge in [-0.05, 0) is 36.4 Å². The highest BCUT2D eigenvalue weighted by molar-refractivity contribution is 5.90. The second-order valence-electron chi connectivity index (χ2n) is 11.0. The number of amides is 4. The zero-order valence-electron chi connectivity index (χ0n) is 25.4. The lowest BCUT2D eigenvalue weighted by Gasteiger charge is -2.29. The minimum absolute atomic E-state index is 0.0690. The van der Waals surface area contributed by atoms with Crippen molar-refractivity contribution >= 4 is 41.0 Å². The number of halogens is 2. The zero-order valence-corrected chi connectivity index (χ0v) is 25.4. The lowest BCUT2D eigenvalue weighted by Crippen LogP contribution is -2.39. The number of cyclic esters (lactones) is 2. The van der Waals surface area contributed by atoms with Crippen LogP contribution in [0.1, 0.15) is 0 Å². The van der Waals surface area contributed by atoms with Crippen molar-refractivity contribution in [3.63, 3.8) is 0 Å². The maximum absolute atomic E-state index is 14.5. The Kier molecular flexibility index (Phi) is 11.1. The van der Waals surface area contributed by atoms with Gasteiger partial charge in [-0.25, -0.2) is 33.7 Å². The summed E-state index contributed by atoms with van der Waals surface area (Å²) in [4.78, 5) is 41.0. The molecular formula is C29H37F2N7O9. The Labute approximate surface area is 268 Å². The number of hydrogen-bond donors (Lipinski definition) is 4. The number of nitrogens with one attached hydrogen (secondary N) is 1. The lowest BCUT2D eigenvalue weighted by molar-refractivity contribution is -0.0606. The van der Waals surface area contributed by atoms with Gasteiger partial charge >= 0.3 is 18.2 Å². The standard InChI is InChI=1S/C15H19FN4O5.C14H18FN3O4/c16-12-7-10(1-2-13(12)18-3-5-24-6-4-18)19-8-11(25-15(19)22)9-20(23)14(17)21;15-12-7-10(18-9-11(8-16-20)22-14(18)19)1-2-13(12)17-3-5-21-6-4-17/h1-2,7,11,23H,3-6,8-9H2,(H2,17,21);1-2,7,11,16,20H,3-6,8-9H2/t2*11-/m10/s1. The van der Waals surface area contributed by atoms with Gasteiger partial charge in [0.05, 0.1) is 75.4 Å². The van der Waals surface area contributed by atoms with E-state index < -0.39 is 36.2 Å². The molecule has 0 bridgehead atoms. The smallest absolute Gasteiger partial charge is 0.414 e. The van der Waals surface area contributed by atoms with Crippen LogP contribution in [0, 0.1) is 11.6 Å². The van der Waals surface area contributed by atoms with Crippen LogP contribution in [-0.2, 0) is 18.9 Å². The van der Waals surface area contributed by atoms with Crippen LogP contribution in [0.4, 0.5) is 45.9 Å². The molecule has 16 nitrogen and oxygen atoms in total. The second-order valence-corrected chi connectivity index (χ2v) is 11.0. The monoisotopic (exact) mass is 665 g/mol. The molecule has 256 valence electrons. The van der Waals surface area contributed by atoms with Gasteiger partial charge < -0.3 is 39.7 Å². The van der Waals surface area contributed by atoms with Crippen molar-refractivity contribution in [2.45, 2.75) is 12.2 Å². The summed E-state index contributed by atoms with van der Waals surface area (Å²) in [5, 5.41) is 18.3. The number of primary amides is 1. The molecule has 6 rings (SSSR count). The van der Waals surface area contributed by atoms with E-state index in [-0.39, 0.29) is 37.1 Å². The van der Waals surface area contributed by atoms with E-state index in [9.17, 15) is 28.4 Å². The summed E-state index contributed by atoms with van der Waals surface area (Å²) in [5.41, 5.74) is 8.63. The summed E-state index contributed by atoms with van der Waals surface area (Å²) < 4.78 is 49.4.